The topological polar surface area (TPSA) is 59.4 Å². The zero-order chi connectivity index (χ0) is 21.6. The predicted molar refractivity (Wildman–Crippen MR) is 117 cm³/mol. The smallest absolute Gasteiger partial charge is 0.211 e. The molecule has 2 heterocycles. The Kier molecular flexibility index (Phi) is 5.18. The van der Waals surface area contributed by atoms with Gasteiger partial charge in [-0.25, -0.2) is 12.8 Å². The van der Waals surface area contributed by atoms with E-state index >= 15 is 0 Å². The minimum atomic E-state index is -4.04. The maximum atomic E-state index is 14.9. The van der Waals surface area contributed by atoms with E-state index in [2.05, 4.69) is 0 Å². The van der Waals surface area contributed by atoms with Gasteiger partial charge in [-0.3, -0.25) is 4.79 Å². The SMILES string of the molecule is CCn1cc(S(=O)(=O)c2ccc(C)c(C)c2)c(=O)c2cc(F)c(N3CCCC3)cc21. The van der Waals surface area contributed by atoms with Gasteiger partial charge in [0.05, 0.1) is 21.5 Å². The quantitative estimate of drug-likeness (QED) is 0.625. The first kappa shape index (κ1) is 20.6. The van der Waals surface area contributed by atoms with E-state index in [1.165, 1.54) is 18.3 Å². The number of sulfone groups is 1. The molecule has 158 valence electrons. The Balaban J connectivity index is 1.96. The molecule has 4 rings (SSSR count). The largest absolute Gasteiger partial charge is 0.369 e. The molecule has 0 aliphatic carbocycles. The van der Waals surface area contributed by atoms with E-state index in [-0.39, 0.29) is 15.2 Å². The summed E-state index contributed by atoms with van der Waals surface area (Å²) < 4.78 is 43.2. The van der Waals surface area contributed by atoms with Crippen LogP contribution in [-0.2, 0) is 16.4 Å². The summed E-state index contributed by atoms with van der Waals surface area (Å²) >= 11 is 0. The molecule has 0 unspecified atom stereocenters. The summed E-state index contributed by atoms with van der Waals surface area (Å²) in [5.41, 5.74) is 2.14. The van der Waals surface area contributed by atoms with Crippen molar-refractivity contribution in [2.45, 2.75) is 49.9 Å². The van der Waals surface area contributed by atoms with E-state index in [4.69, 9.17) is 0 Å². The second-order valence-electron chi connectivity index (χ2n) is 7.87. The Morgan fingerprint density at radius 2 is 1.73 bits per heavy atom. The van der Waals surface area contributed by atoms with Crippen LogP contribution >= 0.6 is 0 Å². The molecule has 0 atom stereocenters. The van der Waals surface area contributed by atoms with Crippen LogP contribution in [0.25, 0.3) is 10.9 Å². The van der Waals surface area contributed by atoms with Crippen LogP contribution in [0, 0.1) is 19.7 Å². The first-order valence-electron chi connectivity index (χ1n) is 10.2. The fourth-order valence-corrected chi connectivity index (χ4v) is 5.49. The van der Waals surface area contributed by atoms with Gasteiger partial charge in [0, 0.05) is 25.8 Å². The molecule has 0 spiro atoms. The van der Waals surface area contributed by atoms with Crippen LogP contribution in [0.2, 0.25) is 0 Å². The maximum Gasteiger partial charge on any atom is 0.211 e. The van der Waals surface area contributed by atoms with Crippen LogP contribution in [0.3, 0.4) is 0 Å². The molecule has 2 aromatic carbocycles. The van der Waals surface area contributed by atoms with Crippen molar-refractivity contribution < 1.29 is 12.8 Å². The molecule has 0 amide bonds. The van der Waals surface area contributed by atoms with Crippen molar-refractivity contribution >= 4 is 26.4 Å². The molecule has 30 heavy (non-hydrogen) atoms. The predicted octanol–water partition coefficient (Wildman–Crippen LogP) is 4.21. The fourth-order valence-electron chi connectivity index (χ4n) is 4.03. The molecule has 7 heteroatoms. The monoisotopic (exact) mass is 428 g/mol. The normalized spacial score (nSPS) is 14.6. The number of pyridine rings is 1. The standard InChI is InChI=1S/C23H25FN2O3S/c1-4-25-14-22(30(28,29)17-8-7-15(2)16(3)11-17)23(27)18-12-19(24)21(13-20(18)25)26-9-5-6-10-26/h7-8,11-14H,4-6,9-10H2,1-3H3. The lowest BCUT2D eigenvalue weighted by Gasteiger charge is -2.20. The number of fused-ring (bicyclic) bond motifs is 1. The molecule has 0 radical (unpaired) electrons. The molecule has 0 bridgehead atoms. The van der Waals surface area contributed by atoms with Crippen LogP contribution in [0.15, 0.2) is 51.1 Å². The lowest BCUT2D eigenvalue weighted by molar-refractivity contribution is 0.593. The van der Waals surface area contributed by atoms with Gasteiger partial charge < -0.3 is 9.47 Å². The number of halogens is 1. The third kappa shape index (κ3) is 3.31. The van der Waals surface area contributed by atoms with E-state index in [1.54, 1.807) is 22.8 Å². The summed E-state index contributed by atoms with van der Waals surface area (Å²) in [4.78, 5) is 14.9. The van der Waals surface area contributed by atoms with Gasteiger partial charge in [0.15, 0.2) is 0 Å². The van der Waals surface area contributed by atoms with Crippen molar-refractivity contribution in [3.63, 3.8) is 0 Å². The van der Waals surface area contributed by atoms with Crippen LogP contribution in [-0.4, -0.2) is 26.1 Å². The number of hydrogen-bond acceptors (Lipinski definition) is 4. The number of aryl methyl sites for hydroxylation is 3. The van der Waals surface area contributed by atoms with Crippen LogP contribution < -0.4 is 10.3 Å². The van der Waals surface area contributed by atoms with Gasteiger partial charge in [-0.05, 0) is 69.0 Å². The molecule has 1 saturated heterocycles. The lowest BCUT2D eigenvalue weighted by Crippen LogP contribution is -2.22. The van der Waals surface area contributed by atoms with Crippen molar-refractivity contribution in [2.24, 2.45) is 0 Å². The number of rotatable bonds is 4. The number of nitrogens with zero attached hydrogens (tertiary/aromatic N) is 2. The van der Waals surface area contributed by atoms with Gasteiger partial charge >= 0.3 is 0 Å². The third-order valence-electron chi connectivity index (χ3n) is 5.98. The lowest BCUT2D eigenvalue weighted by atomic mass is 10.1. The average Bonchev–Trinajstić information content (AvgIpc) is 3.24. The summed E-state index contributed by atoms with van der Waals surface area (Å²) in [7, 11) is -4.04. The second-order valence-corrected chi connectivity index (χ2v) is 9.79. The molecule has 1 aliphatic heterocycles. The Labute approximate surface area is 175 Å². The number of anilines is 1. The molecule has 0 N–H and O–H groups in total. The van der Waals surface area contributed by atoms with Crippen LogP contribution in [0.1, 0.15) is 30.9 Å². The average molecular weight is 429 g/mol. The first-order valence-corrected chi connectivity index (χ1v) is 11.7. The third-order valence-corrected chi connectivity index (χ3v) is 7.73. The molecule has 5 nitrogen and oxygen atoms in total. The highest BCUT2D eigenvalue weighted by Gasteiger charge is 2.26. The maximum absolute atomic E-state index is 14.9. The van der Waals surface area contributed by atoms with E-state index in [9.17, 15) is 17.6 Å². The Morgan fingerprint density at radius 1 is 1.03 bits per heavy atom. The molecule has 1 aliphatic rings. The molecular weight excluding hydrogens is 403 g/mol. The van der Waals surface area contributed by atoms with Gasteiger partial charge in [-0.1, -0.05) is 6.07 Å². The number of hydrogen-bond donors (Lipinski definition) is 0. The second kappa shape index (κ2) is 7.54. The van der Waals surface area contributed by atoms with E-state index < -0.39 is 21.1 Å². The van der Waals surface area contributed by atoms with Crippen LogP contribution in [0.5, 0.6) is 0 Å². The van der Waals surface area contributed by atoms with E-state index in [0.29, 0.717) is 17.7 Å². The Hall–Kier alpha value is -2.67. The minimum Gasteiger partial charge on any atom is -0.369 e. The number of aromatic nitrogens is 1. The van der Waals surface area contributed by atoms with Gasteiger partial charge in [-0.2, -0.15) is 0 Å². The summed E-state index contributed by atoms with van der Waals surface area (Å²) in [6.45, 7) is 7.60. The highest BCUT2D eigenvalue weighted by molar-refractivity contribution is 7.91. The summed E-state index contributed by atoms with van der Waals surface area (Å²) in [6.07, 6.45) is 3.40. The Bertz CT molecular complexity index is 1310. The zero-order valence-corrected chi connectivity index (χ0v) is 18.2. The zero-order valence-electron chi connectivity index (χ0n) is 17.4. The molecule has 0 saturated carbocycles. The van der Waals surface area contributed by atoms with E-state index in [0.717, 1.165) is 37.1 Å². The Morgan fingerprint density at radius 3 is 2.37 bits per heavy atom. The molecule has 3 aromatic rings. The first-order chi connectivity index (χ1) is 14.2. The highest BCUT2D eigenvalue weighted by atomic mass is 32.2. The summed E-state index contributed by atoms with van der Waals surface area (Å²) in [5, 5.41) is 0.0854. The highest BCUT2D eigenvalue weighted by Crippen LogP contribution is 2.29. The van der Waals surface area contributed by atoms with Crippen LogP contribution in [0.4, 0.5) is 10.1 Å². The van der Waals surface area contributed by atoms with Crippen molar-refractivity contribution in [3.8, 4) is 0 Å². The van der Waals surface area contributed by atoms with Crippen molar-refractivity contribution in [2.75, 3.05) is 18.0 Å². The summed E-state index contributed by atoms with van der Waals surface area (Å²) in [5.74, 6) is -0.495. The van der Waals surface area contributed by atoms with Gasteiger partial charge in [0.1, 0.15) is 10.7 Å². The number of benzene rings is 2. The van der Waals surface area contributed by atoms with Gasteiger partial charge in [-0.15, -0.1) is 0 Å². The summed E-state index contributed by atoms with van der Waals surface area (Å²) in [6, 6.07) is 7.67. The minimum absolute atomic E-state index is 0.0684. The van der Waals surface area contributed by atoms with E-state index in [1.807, 2.05) is 25.7 Å². The van der Waals surface area contributed by atoms with Crippen molar-refractivity contribution in [3.05, 3.63) is 63.7 Å². The van der Waals surface area contributed by atoms with Gasteiger partial charge in [0.25, 0.3) is 0 Å². The fraction of sp³-hybridized carbons (Fsp3) is 0.348. The van der Waals surface area contributed by atoms with Gasteiger partial charge in [0.2, 0.25) is 15.3 Å². The van der Waals surface area contributed by atoms with Crippen molar-refractivity contribution in [1.82, 2.24) is 4.57 Å². The molecule has 1 fully saturated rings. The molecule has 1 aromatic heterocycles. The molecular formula is C23H25FN2O3S. The van der Waals surface area contributed by atoms with Crippen molar-refractivity contribution in [1.29, 1.82) is 0 Å².